The maximum Gasteiger partial charge on any atom is 0.181 e. The van der Waals surface area contributed by atoms with Crippen LogP contribution in [0.15, 0.2) is 24.3 Å². The average Bonchev–Trinajstić information content (AvgIpc) is 2.17. The van der Waals surface area contributed by atoms with Crippen molar-refractivity contribution in [3.63, 3.8) is 0 Å². The molecule has 1 unspecified atom stereocenters. The van der Waals surface area contributed by atoms with Crippen molar-refractivity contribution in [1.82, 2.24) is 10.7 Å². The van der Waals surface area contributed by atoms with Gasteiger partial charge in [0.15, 0.2) is 5.11 Å². The summed E-state index contributed by atoms with van der Waals surface area (Å²) >= 11 is 10.7. The normalized spacial score (nSPS) is 11.9. The number of halogens is 1. The quantitative estimate of drug-likeness (QED) is 0.411. The number of rotatable bonds is 2. The second kappa shape index (κ2) is 5.14. The van der Waals surface area contributed by atoms with Gasteiger partial charge in [-0.15, -0.1) is 0 Å². The van der Waals surface area contributed by atoms with Gasteiger partial charge in [-0.2, -0.15) is 0 Å². The van der Waals surface area contributed by atoms with Crippen molar-refractivity contribution >= 4 is 28.9 Å². The van der Waals surface area contributed by atoms with Gasteiger partial charge in [-0.1, -0.05) is 23.7 Å². The van der Waals surface area contributed by atoms with Gasteiger partial charge >= 0.3 is 0 Å². The van der Waals surface area contributed by atoms with Gasteiger partial charge in [0.05, 0.1) is 6.04 Å². The third-order valence-electron chi connectivity index (χ3n) is 1.83. The smallest absolute Gasteiger partial charge is 0.181 e. The molecule has 76 valence electrons. The highest BCUT2D eigenvalue weighted by atomic mass is 35.5. The fourth-order valence-electron chi connectivity index (χ4n) is 1.10. The van der Waals surface area contributed by atoms with Gasteiger partial charge in [0, 0.05) is 5.02 Å². The molecule has 4 N–H and O–H groups in total. The molecule has 0 fully saturated rings. The molecule has 14 heavy (non-hydrogen) atoms. The van der Waals surface area contributed by atoms with Gasteiger partial charge in [-0.05, 0) is 36.8 Å². The lowest BCUT2D eigenvalue weighted by Crippen LogP contribution is -2.40. The maximum atomic E-state index is 5.86. The highest BCUT2D eigenvalue weighted by Crippen LogP contribution is 2.16. The minimum Gasteiger partial charge on any atom is -0.355 e. The van der Waals surface area contributed by atoms with Crippen LogP contribution in [0.4, 0.5) is 0 Å². The van der Waals surface area contributed by atoms with Gasteiger partial charge in [-0.3, -0.25) is 0 Å². The maximum absolute atomic E-state index is 5.86. The Bertz CT molecular complexity index is 330. The Morgan fingerprint density at radius 1 is 1.57 bits per heavy atom. The third-order valence-corrected chi connectivity index (χ3v) is 2.30. The van der Waals surface area contributed by atoms with Gasteiger partial charge < -0.3 is 10.7 Å². The fourth-order valence-corrected chi connectivity index (χ4v) is 1.47. The predicted molar refractivity (Wildman–Crippen MR) is 62.9 cm³/mol. The van der Waals surface area contributed by atoms with Crippen LogP contribution in [0.2, 0.25) is 5.02 Å². The minimum absolute atomic E-state index is 0.0808. The van der Waals surface area contributed by atoms with Gasteiger partial charge in [-0.25, -0.2) is 5.84 Å². The second-order valence-electron chi connectivity index (χ2n) is 2.89. The van der Waals surface area contributed by atoms with Crippen LogP contribution in [0.25, 0.3) is 0 Å². The first kappa shape index (κ1) is 11.2. The van der Waals surface area contributed by atoms with E-state index < -0.39 is 0 Å². The molecule has 1 aromatic carbocycles. The third kappa shape index (κ3) is 3.14. The number of benzene rings is 1. The molecule has 0 aliphatic heterocycles. The van der Waals surface area contributed by atoms with Gasteiger partial charge in [0.2, 0.25) is 0 Å². The van der Waals surface area contributed by atoms with Crippen molar-refractivity contribution in [3.05, 3.63) is 34.9 Å². The molecule has 0 saturated heterocycles. The van der Waals surface area contributed by atoms with E-state index in [0.29, 0.717) is 10.1 Å². The van der Waals surface area contributed by atoms with E-state index >= 15 is 0 Å². The van der Waals surface area contributed by atoms with Crippen LogP contribution in [0.1, 0.15) is 18.5 Å². The van der Waals surface area contributed by atoms with Crippen LogP contribution in [0.3, 0.4) is 0 Å². The summed E-state index contributed by atoms with van der Waals surface area (Å²) in [4.78, 5) is 0. The first-order chi connectivity index (χ1) is 6.63. The first-order valence-corrected chi connectivity index (χ1v) is 4.94. The number of nitrogens with two attached hydrogens (primary N) is 1. The van der Waals surface area contributed by atoms with E-state index in [2.05, 4.69) is 10.7 Å². The lowest BCUT2D eigenvalue weighted by molar-refractivity contribution is 0.703. The SMILES string of the molecule is CC(NC(=S)NN)c1cccc(Cl)c1. The molecular weight excluding hydrogens is 218 g/mol. The van der Waals surface area contributed by atoms with Crippen LogP contribution in [-0.4, -0.2) is 5.11 Å². The molecule has 1 atom stereocenters. The molecule has 0 aliphatic rings. The zero-order valence-electron chi connectivity index (χ0n) is 7.75. The number of hydrazine groups is 1. The lowest BCUT2D eigenvalue weighted by atomic mass is 10.1. The molecule has 5 heteroatoms. The number of nitrogens with one attached hydrogen (secondary N) is 2. The Morgan fingerprint density at radius 2 is 2.29 bits per heavy atom. The van der Waals surface area contributed by atoms with E-state index in [1.165, 1.54) is 0 Å². The van der Waals surface area contributed by atoms with E-state index in [1.807, 2.05) is 31.2 Å². The first-order valence-electron chi connectivity index (χ1n) is 4.16. The van der Waals surface area contributed by atoms with E-state index in [-0.39, 0.29) is 6.04 Å². The second-order valence-corrected chi connectivity index (χ2v) is 3.74. The molecule has 0 amide bonds. The Hall–Kier alpha value is -0.840. The van der Waals surface area contributed by atoms with Crippen molar-refractivity contribution in [2.45, 2.75) is 13.0 Å². The summed E-state index contributed by atoms with van der Waals surface area (Å²) in [7, 11) is 0. The summed E-state index contributed by atoms with van der Waals surface area (Å²) in [6.07, 6.45) is 0. The van der Waals surface area contributed by atoms with E-state index in [1.54, 1.807) is 0 Å². The highest BCUT2D eigenvalue weighted by molar-refractivity contribution is 7.80. The molecule has 0 aromatic heterocycles. The largest absolute Gasteiger partial charge is 0.355 e. The van der Waals surface area contributed by atoms with E-state index in [4.69, 9.17) is 29.7 Å². The molecule has 0 spiro atoms. The Morgan fingerprint density at radius 3 is 2.86 bits per heavy atom. The van der Waals surface area contributed by atoms with Crippen LogP contribution in [0, 0.1) is 0 Å². The molecule has 1 rings (SSSR count). The van der Waals surface area contributed by atoms with Crippen molar-refractivity contribution in [1.29, 1.82) is 0 Å². The van der Waals surface area contributed by atoms with Crippen LogP contribution < -0.4 is 16.6 Å². The van der Waals surface area contributed by atoms with E-state index in [9.17, 15) is 0 Å². The number of hydrogen-bond acceptors (Lipinski definition) is 2. The molecular formula is C9H12ClN3S. The van der Waals surface area contributed by atoms with Crippen LogP contribution >= 0.6 is 23.8 Å². The predicted octanol–water partition coefficient (Wildman–Crippen LogP) is 1.74. The molecule has 0 heterocycles. The summed E-state index contributed by atoms with van der Waals surface area (Å²) in [6.45, 7) is 1.98. The lowest BCUT2D eigenvalue weighted by Gasteiger charge is -2.15. The molecule has 0 saturated carbocycles. The number of thiocarbonyl (C=S) groups is 1. The van der Waals surface area contributed by atoms with Crippen molar-refractivity contribution in [2.75, 3.05) is 0 Å². The monoisotopic (exact) mass is 229 g/mol. The molecule has 3 nitrogen and oxygen atoms in total. The van der Waals surface area contributed by atoms with Crippen molar-refractivity contribution in [3.8, 4) is 0 Å². The van der Waals surface area contributed by atoms with Crippen molar-refractivity contribution in [2.24, 2.45) is 5.84 Å². The standard InChI is InChI=1S/C9H12ClN3S/c1-6(12-9(14)13-11)7-3-2-4-8(10)5-7/h2-6H,11H2,1H3,(H2,12,13,14). The summed E-state index contributed by atoms with van der Waals surface area (Å²) in [6, 6.07) is 7.67. The Kier molecular flexibility index (Phi) is 4.13. The Balaban J connectivity index is 2.69. The van der Waals surface area contributed by atoms with Crippen LogP contribution in [0.5, 0.6) is 0 Å². The van der Waals surface area contributed by atoms with E-state index in [0.717, 1.165) is 5.56 Å². The number of hydrogen-bond donors (Lipinski definition) is 3. The minimum atomic E-state index is 0.0808. The summed E-state index contributed by atoms with van der Waals surface area (Å²) in [5.74, 6) is 5.15. The van der Waals surface area contributed by atoms with Crippen LogP contribution in [-0.2, 0) is 0 Å². The van der Waals surface area contributed by atoms with Gasteiger partial charge in [0.25, 0.3) is 0 Å². The average molecular weight is 230 g/mol. The molecule has 0 aliphatic carbocycles. The zero-order valence-corrected chi connectivity index (χ0v) is 9.32. The summed E-state index contributed by atoms with van der Waals surface area (Å²) < 4.78 is 0. The summed E-state index contributed by atoms with van der Waals surface area (Å²) in [5.41, 5.74) is 3.43. The van der Waals surface area contributed by atoms with Crippen molar-refractivity contribution < 1.29 is 0 Å². The van der Waals surface area contributed by atoms with Gasteiger partial charge in [0.1, 0.15) is 0 Å². The topological polar surface area (TPSA) is 50.1 Å². The molecule has 0 radical (unpaired) electrons. The Labute approximate surface area is 93.6 Å². The molecule has 1 aromatic rings. The highest BCUT2D eigenvalue weighted by Gasteiger charge is 2.05. The summed E-state index contributed by atoms with van der Waals surface area (Å²) in [5, 5.41) is 4.13. The fraction of sp³-hybridized carbons (Fsp3) is 0.222. The molecule has 0 bridgehead atoms. The zero-order chi connectivity index (χ0) is 10.6.